The summed E-state index contributed by atoms with van der Waals surface area (Å²) in [6.45, 7) is 0. The Labute approximate surface area is 103 Å². The van der Waals surface area contributed by atoms with Gasteiger partial charge in [-0.15, -0.1) is 0 Å². The fourth-order valence-electron chi connectivity index (χ4n) is 2.29. The van der Waals surface area contributed by atoms with E-state index in [0.29, 0.717) is 25.7 Å². The van der Waals surface area contributed by atoms with Crippen molar-refractivity contribution >= 4 is 28.0 Å². The Hall–Kier alpha value is -0.960. The van der Waals surface area contributed by atoms with Crippen LogP contribution < -0.4 is 0 Å². The van der Waals surface area contributed by atoms with Gasteiger partial charge in [0.15, 0.2) is 0 Å². The molecule has 0 N–H and O–H groups in total. The largest absolute Gasteiger partial charge is 0.302 e. The Morgan fingerprint density at radius 3 is 2.38 bits per heavy atom. The molecule has 3 heteroatoms. The molecule has 2 rings (SSSR count). The minimum Gasteiger partial charge on any atom is -0.302 e. The first-order chi connectivity index (χ1) is 7.68. The molecule has 0 heterocycles. The van der Waals surface area contributed by atoms with Gasteiger partial charge in [-0.05, 0) is 24.5 Å². The van der Waals surface area contributed by atoms with Crippen LogP contribution >= 0.6 is 15.9 Å². The first kappa shape index (κ1) is 11.5. The van der Waals surface area contributed by atoms with Gasteiger partial charge in [-0.1, -0.05) is 34.1 Å². The van der Waals surface area contributed by atoms with Crippen molar-refractivity contribution in [3.05, 3.63) is 34.3 Å². The molecule has 0 bridgehead atoms. The monoisotopic (exact) mass is 280 g/mol. The summed E-state index contributed by atoms with van der Waals surface area (Å²) < 4.78 is 0.955. The van der Waals surface area contributed by atoms with E-state index in [2.05, 4.69) is 15.9 Å². The Bertz CT molecular complexity index is 416. The summed E-state index contributed by atoms with van der Waals surface area (Å²) in [6.07, 6.45) is 3.32. The van der Waals surface area contributed by atoms with Crippen molar-refractivity contribution in [1.29, 1.82) is 0 Å². The number of Topliss-reactive ketones (excluding diaryl/α,β-unsaturated/α-hetero) is 1. The number of hydrogen-bond donors (Lipinski definition) is 0. The van der Waals surface area contributed by atoms with Crippen LogP contribution in [0.5, 0.6) is 0 Å². The number of aldehydes is 1. The third-order valence-electron chi connectivity index (χ3n) is 3.34. The van der Waals surface area contributed by atoms with E-state index in [1.807, 2.05) is 24.3 Å². The quantitative estimate of drug-likeness (QED) is 0.781. The van der Waals surface area contributed by atoms with Crippen LogP contribution in [0.25, 0.3) is 0 Å². The third kappa shape index (κ3) is 1.96. The summed E-state index contributed by atoms with van der Waals surface area (Å²) >= 11 is 3.48. The summed E-state index contributed by atoms with van der Waals surface area (Å²) in [5.41, 5.74) is 0.547. The first-order valence-corrected chi connectivity index (χ1v) is 6.20. The smallest absolute Gasteiger partial charge is 0.133 e. The molecule has 0 atom stereocenters. The molecule has 2 nitrogen and oxygen atoms in total. The number of carbonyl (C=O) groups is 2. The lowest BCUT2D eigenvalue weighted by atomic mass is 9.70. The van der Waals surface area contributed by atoms with Gasteiger partial charge in [-0.2, -0.15) is 0 Å². The molecule has 0 radical (unpaired) electrons. The van der Waals surface area contributed by atoms with Crippen LogP contribution in [0.15, 0.2) is 28.7 Å². The second kappa shape index (κ2) is 4.50. The molecule has 0 saturated heterocycles. The fourth-order valence-corrected chi connectivity index (χ4v) is 2.97. The molecular formula is C13H13BrO2. The van der Waals surface area contributed by atoms with Crippen LogP contribution in [0, 0.1) is 0 Å². The summed E-state index contributed by atoms with van der Waals surface area (Å²) in [5, 5.41) is 0. The van der Waals surface area contributed by atoms with Crippen LogP contribution in [0.2, 0.25) is 0 Å². The highest BCUT2D eigenvalue weighted by molar-refractivity contribution is 9.10. The predicted octanol–water partition coefficient (Wildman–Crippen LogP) is 3.03. The molecule has 0 spiro atoms. The highest BCUT2D eigenvalue weighted by Gasteiger charge is 2.37. The van der Waals surface area contributed by atoms with Gasteiger partial charge < -0.3 is 4.79 Å². The molecule has 1 aliphatic rings. The van der Waals surface area contributed by atoms with Gasteiger partial charge in [-0.25, -0.2) is 0 Å². The van der Waals surface area contributed by atoms with E-state index < -0.39 is 5.41 Å². The number of hydrogen-bond acceptors (Lipinski definition) is 2. The van der Waals surface area contributed by atoms with Crippen molar-refractivity contribution in [2.24, 2.45) is 0 Å². The highest BCUT2D eigenvalue weighted by atomic mass is 79.9. The van der Waals surface area contributed by atoms with Crippen molar-refractivity contribution in [2.75, 3.05) is 0 Å². The molecule has 1 fully saturated rings. The molecule has 16 heavy (non-hydrogen) atoms. The summed E-state index contributed by atoms with van der Waals surface area (Å²) in [4.78, 5) is 22.7. The molecule has 1 aromatic rings. The Balaban J connectivity index is 2.39. The number of carbonyl (C=O) groups excluding carboxylic acids is 2. The van der Waals surface area contributed by atoms with E-state index >= 15 is 0 Å². The van der Waals surface area contributed by atoms with Crippen LogP contribution in [-0.4, -0.2) is 12.1 Å². The van der Waals surface area contributed by atoms with E-state index in [0.717, 1.165) is 16.3 Å². The van der Waals surface area contributed by atoms with E-state index in [9.17, 15) is 9.59 Å². The average Bonchev–Trinajstić information content (AvgIpc) is 2.32. The first-order valence-electron chi connectivity index (χ1n) is 5.41. The molecule has 0 aliphatic heterocycles. The van der Waals surface area contributed by atoms with Crippen LogP contribution in [0.4, 0.5) is 0 Å². The summed E-state index contributed by atoms with van der Waals surface area (Å²) in [7, 11) is 0. The van der Waals surface area contributed by atoms with E-state index in [-0.39, 0.29) is 5.78 Å². The van der Waals surface area contributed by atoms with Gasteiger partial charge in [0.05, 0.1) is 5.41 Å². The van der Waals surface area contributed by atoms with Gasteiger partial charge in [0.2, 0.25) is 0 Å². The van der Waals surface area contributed by atoms with Gasteiger partial charge in [-0.3, -0.25) is 4.79 Å². The zero-order valence-corrected chi connectivity index (χ0v) is 10.5. The maximum atomic E-state index is 11.4. The Kier molecular flexibility index (Phi) is 3.24. The molecule has 0 unspecified atom stereocenters. The van der Waals surface area contributed by atoms with Crippen LogP contribution in [-0.2, 0) is 15.0 Å². The zero-order chi connectivity index (χ0) is 11.6. The van der Waals surface area contributed by atoms with Crippen molar-refractivity contribution in [1.82, 2.24) is 0 Å². The zero-order valence-electron chi connectivity index (χ0n) is 8.91. The topological polar surface area (TPSA) is 34.1 Å². The summed E-state index contributed by atoms with van der Waals surface area (Å²) in [5.74, 6) is 0.268. The molecule has 1 aromatic carbocycles. The van der Waals surface area contributed by atoms with Crippen LogP contribution in [0.3, 0.4) is 0 Å². The lowest BCUT2D eigenvalue weighted by molar-refractivity contribution is -0.123. The minimum absolute atomic E-state index is 0.268. The standard InChI is InChI=1S/C13H13BrO2/c14-12-4-2-1-3-11(12)13(9-15)7-5-10(16)6-8-13/h1-4,9H,5-8H2. The SMILES string of the molecule is O=CC1(c2ccccc2Br)CCC(=O)CC1. The van der Waals surface area contributed by atoms with Crippen molar-refractivity contribution in [3.63, 3.8) is 0 Å². The van der Waals surface area contributed by atoms with Gasteiger partial charge in [0, 0.05) is 17.3 Å². The number of ketones is 1. The van der Waals surface area contributed by atoms with Crippen molar-refractivity contribution in [2.45, 2.75) is 31.1 Å². The predicted molar refractivity (Wildman–Crippen MR) is 65.4 cm³/mol. The van der Waals surface area contributed by atoms with Crippen molar-refractivity contribution in [3.8, 4) is 0 Å². The van der Waals surface area contributed by atoms with Gasteiger partial charge in [0.1, 0.15) is 12.1 Å². The summed E-state index contributed by atoms with van der Waals surface area (Å²) in [6, 6.07) is 7.77. The highest BCUT2D eigenvalue weighted by Crippen LogP contribution is 2.39. The minimum atomic E-state index is -0.464. The van der Waals surface area contributed by atoms with E-state index in [1.54, 1.807) is 0 Å². The average molecular weight is 281 g/mol. The number of halogens is 1. The van der Waals surface area contributed by atoms with Crippen LogP contribution in [0.1, 0.15) is 31.2 Å². The lowest BCUT2D eigenvalue weighted by Gasteiger charge is -2.32. The second-order valence-electron chi connectivity index (χ2n) is 4.29. The lowest BCUT2D eigenvalue weighted by Crippen LogP contribution is -2.33. The Morgan fingerprint density at radius 1 is 1.19 bits per heavy atom. The molecular weight excluding hydrogens is 268 g/mol. The number of benzene rings is 1. The molecule has 84 valence electrons. The van der Waals surface area contributed by atoms with Gasteiger partial charge in [0.25, 0.3) is 0 Å². The molecule has 0 aromatic heterocycles. The Morgan fingerprint density at radius 2 is 1.81 bits per heavy atom. The fraction of sp³-hybridized carbons (Fsp3) is 0.385. The molecule has 0 amide bonds. The molecule has 1 saturated carbocycles. The maximum Gasteiger partial charge on any atom is 0.133 e. The van der Waals surface area contributed by atoms with Gasteiger partial charge >= 0.3 is 0 Å². The maximum absolute atomic E-state index is 11.4. The number of rotatable bonds is 2. The van der Waals surface area contributed by atoms with E-state index in [4.69, 9.17) is 0 Å². The van der Waals surface area contributed by atoms with E-state index in [1.165, 1.54) is 0 Å². The normalized spacial score (nSPS) is 19.4. The second-order valence-corrected chi connectivity index (χ2v) is 5.15. The molecule has 1 aliphatic carbocycles. The third-order valence-corrected chi connectivity index (χ3v) is 4.03. The van der Waals surface area contributed by atoms with Crippen molar-refractivity contribution < 1.29 is 9.59 Å².